The Labute approximate surface area is 136 Å². The Hall–Kier alpha value is -2.43. The average Bonchev–Trinajstić information content (AvgIpc) is 2.62. The van der Waals surface area contributed by atoms with Gasteiger partial charge in [0.1, 0.15) is 0 Å². The molecular weight excluding hydrogens is 288 g/mol. The SMILES string of the molecule is CC(C)c1ccc(C(=O)N2CCN(c3ccccc3)CC2)nn1. The predicted molar refractivity (Wildman–Crippen MR) is 90.7 cm³/mol. The summed E-state index contributed by atoms with van der Waals surface area (Å²) in [6.45, 7) is 7.23. The van der Waals surface area contributed by atoms with Crippen molar-refractivity contribution in [2.75, 3.05) is 31.1 Å². The van der Waals surface area contributed by atoms with Crippen molar-refractivity contribution in [3.05, 3.63) is 53.9 Å². The Morgan fingerprint density at radius 2 is 1.65 bits per heavy atom. The van der Waals surface area contributed by atoms with Crippen LogP contribution in [-0.4, -0.2) is 47.2 Å². The van der Waals surface area contributed by atoms with E-state index in [1.807, 2.05) is 29.2 Å². The number of carbonyl (C=O) groups is 1. The summed E-state index contributed by atoms with van der Waals surface area (Å²) >= 11 is 0. The Morgan fingerprint density at radius 1 is 0.957 bits per heavy atom. The van der Waals surface area contributed by atoms with Crippen LogP contribution in [0.3, 0.4) is 0 Å². The van der Waals surface area contributed by atoms with E-state index in [0.717, 1.165) is 18.8 Å². The number of piperazine rings is 1. The van der Waals surface area contributed by atoms with Crippen molar-refractivity contribution in [1.82, 2.24) is 15.1 Å². The van der Waals surface area contributed by atoms with Gasteiger partial charge in [0.15, 0.2) is 5.69 Å². The van der Waals surface area contributed by atoms with Crippen LogP contribution in [0.15, 0.2) is 42.5 Å². The molecule has 1 fully saturated rings. The van der Waals surface area contributed by atoms with Crippen LogP contribution in [0.2, 0.25) is 0 Å². The second kappa shape index (κ2) is 6.77. The van der Waals surface area contributed by atoms with E-state index in [1.165, 1.54) is 5.69 Å². The minimum absolute atomic E-state index is 0.0273. The Bertz CT molecular complexity index is 646. The molecule has 0 N–H and O–H groups in total. The number of aromatic nitrogens is 2. The first-order valence-corrected chi connectivity index (χ1v) is 8.08. The third-order valence-corrected chi connectivity index (χ3v) is 4.18. The minimum Gasteiger partial charge on any atom is -0.368 e. The van der Waals surface area contributed by atoms with E-state index < -0.39 is 0 Å². The number of rotatable bonds is 3. The molecule has 1 saturated heterocycles. The smallest absolute Gasteiger partial charge is 0.274 e. The van der Waals surface area contributed by atoms with Gasteiger partial charge in [0.05, 0.1) is 5.69 Å². The fraction of sp³-hybridized carbons (Fsp3) is 0.389. The van der Waals surface area contributed by atoms with Crippen molar-refractivity contribution in [3.8, 4) is 0 Å². The number of hydrogen-bond acceptors (Lipinski definition) is 4. The number of nitrogens with zero attached hydrogens (tertiary/aromatic N) is 4. The van der Waals surface area contributed by atoms with Crippen molar-refractivity contribution in [2.45, 2.75) is 19.8 Å². The Kier molecular flexibility index (Phi) is 4.55. The lowest BCUT2D eigenvalue weighted by atomic mass is 10.1. The number of carbonyl (C=O) groups excluding carboxylic acids is 1. The summed E-state index contributed by atoms with van der Waals surface area (Å²) in [7, 11) is 0. The van der Waals surface area contributed by atoms with Crippen LogP contribution in [0, 0.1) is 0 Å². The Morgan fingerprint density at radius 3 is 2.22 bits per heavy atom. The molecule has 1 aliphatic heterocycles. The van der Waals surface area contributed by atoms with Gasteiger partial charge in [0.2, 0.25) is 0 Å². The number of hydrogen-bond donors (Lipinski definition) is 0. The summed E-state index contributed by atoms with van der Waals surface area (Å²) in [6, 6.07) is 14.0. The number of anilines is 1. The van der Waals surface area contributed by atoms with Gasteiger partial charge in [-0.15, -0.1) is 5.10 Å². The molecule has 3 rings (SSSR count). The maximum atomic E-state index is 12.5. The highest BCUT2D eigenvalue weighted by atomic mass is 16.2. The maximum absolute atomic E-state index is 12.5. The second-order valence-electron chi connectivity index (χ2n) is 6.11. The van der Waals surface area contributed by atoms with E-state index in [-0.39, 0.29) is 5.91 Å². The van der Waals surface area contributed by atoms with E-state index in [9.17, 15) is 4.79 Å². The monoisotopic (exact) mass is 310 g/mol. The van der Waals surface area contributed by atoms with Crippen LogP contribution < -0.4 is 4.90 Å². The molecule has 0 radical (unpaired) electrons. The van der Waals surface area contributed by atoms with Crippen LogP contribution in [-0.2, 0) is 0 Å². The molecule has 0 bridgehead atoms. The van der Waals surface area contributed by atoms with E-state index in [2.05, 4.69) is 41.1 Å². The summed E-state index contributed by atoms with van der Waals surface area (Å²) in [4.78, 5) is 16.7. The van der Waals surface area contributed by atoms with E-state index >= 15 is 0 Å². The maximum Gasteiger partial charge on any atom is 0.274 e. The van der Waals surface area contributed by atoms with E-state index in [1.54, 1.807) is 6.07 Å². The number of para-hydroxylation sites is 1. The van der Waals surface area contributed by atoms with Crippen LogP contribution in [0.1, 0.15) is 35.9 Å². The molecule has 5 nitrogen and oxygen atoms in total. The van der Waals surface area contributed by atoms with Gasteiger partial charge in [-0.25, -0.2) is 0 Å². The van der Waals surface area contributed by atoms with Gasteiger partial charge in [0, 0.05) is 31.9 Å². The molecule has 5 heteroatoms. The van der Waals surface area contributed by atoms with Crippen LogP contribution in [0.5, 0.6) is 0 Å². The summed E-state index contributed by atoms with van der Waals surface area (Å²) in [5.74, 6) is 0.293. The molecular formula is C18H22N4O. The molecule has 1 aromatic heterocycles. The summed E-state index contributed by atoms with van der Waals surface area (Å²) in [5.41, 5.74) is 2.55. The van der Waals surface area contributed by atoms with Crippen LogP contribution >= 0.6 is 0 Å². The van der Waals surface area contributed by atoms with Gasteiger partial charge in [-0.05, 0) is 30.2 Å². The van der Waals surface area contributed by atoms with Crippen molar-refractivity contribution >= 4 is 11.6 Å². The molecule has 0 spiro atoms. The molecule has 1 aromatic carbocycles. The van der Waals surface area contributed by atoms with E-state index in [0.29, 0.717) is 24.7 Å². The molecule has 23 heavy (non-hydrogen) atoms. The molecule has 0 atom stereocenters. The zero-order chi connectivity index (χ0) is 16.2. The third-order valence-electron chi connectivity index (χ3n) is 4.18. The molecule has 120 valence electrons. The molecule has 2 aromatic rings. The van der Waals surface area contributed by atoms with Crippen molar-refractivity contribution in [1.29, 1.82) is 0 Å². The lowest BCUT2D eigenvalue weighted by Crippen LogP contribution is -2.49. The summed E-state index contributed by atoms with van der Waals surface area (Å²) in [5, 5.41) is 8.25. The highest BCUT2D eigenvalue weighted by molar-refractivity contribution is 5.92. The van der Waals surface area contributed by atoms with Gasteiger partial charge in [-0.1, -0.05) is 32.0 Å². The van der Waals surface area contributed by atoms with Gasteiger partial charge >= 0.3 is 0 Å². The zero-order valence-electron chi connectivity index (χ0n) is 13.6. The number of benzene rings is 1. The lowest BCUT2D eigenvalue weighted by Gasteiger charge is -2.35. The predicted octanol–water partition coefficient (Wildman–Crippen LogP) is 2.56. The average molecular weight is 310 g/mol. The summed E-state index contributed by atoms with van der Waals surface area (Å²) < 4.78 is 0. The molecule has 1 aliphatic rings. The largest absolute Gasteiger partial charge is 0.368 e. The Balaban J connectivity index is 1.62. The fourth-order valence-corrected chi connectivity index (χ4v) is 2.73. The molecule has 2 heterocycles. The topological polar surface area (TPSA) is 49.3 Å². The van der Waals surface area contributed by atoms with Crippen LogP contribution in [0.25, 0.3) is 0 Å². The fourth-order valence-electron chi connectivity index (χ4n) is 2.73. The highest BCUT2D eigenvalue weighted by Crippen LogP contribution is 2.17. The number of amides is 1. The first-order chi connectivity index (χ1) is 11.1. The zero-order valence-corrected chi connectivity index (χ0v) is 13.6. The van der Waals surface area contributed by atoms with Gasteiger partial charge in [0.25, 0.3) is 5.91 Å². The molecule has 0 saturated carbocycles. The van der Waals surface area contributed by atoms with Gasteiger partial charge < -0.3 is 9.80 Å². The molecule has 0 aliphatic carbocycles. The first kappa shape index (κ1) is 15.5. The van der Waals surface area contributed by atoms with Crippen LogP contribution in [0.4, 0.5) is 5.69 Å². The van der Waals surface area contributed by atoms with Crippen molar-refractivity contribution in [3.63, 3.8) is 0 Å². The summed E-state index contributed by atoms with van der Waals surface area (Å²) in [6.07, 6.45) is 0. The van der Waals surface area contributed by atoms with E-state index in [4.69, 9.17) is 0 Å². The molecule has 1 amide bonds. The molecule has 0 unspecified atom stereocenters. The second-order valence-corrected chi connectivity index (χ2v) is 6.11. The van der Waals surface area contributed by atoms with Crippen molar-refractivity contribution < 1.29 is 4.79 Å². The van der Waals surface area contributed by atoms with Gasteiger partial charge in [-0.3, -0.25) is 4.79 Å². The first-order valence-electron chi connectivity index (χ1n) is 8.08. The third kappa shape index (κ3) is 3.50. The quantitative estimate of drug-likeness (QED) is 0.874. The normalized spacial score (nSPS) is 15.1. The minimum atomic E-state index is -0.0273. The lowest BCUT2D eigenvalue weighted by molar-refractivity contribution is 0.0739. The van der Waals surface area contributed by atoms with Gasteiger partial charge in [-0.2, -0.15) is 5.10 Å². The highest BCUT2D eigenvalue weighted by Gasteiger charge is 2.23. The van der Waals surface area contributed by atoms with Crippen molar-refractivity contribution in [2.24, 2.45) is 0 Å². The standard InChI is InChI=1S/C18H22N4O/c1-14(2)16-8-9-17(20-19-16)18(23)22-12-10-21(11-13-22)15-6-4-3-5-7-15/h3-9,14H,10-13H2,1-2H3.